The molecule has 0 saturated carbocycles. The summed E-state index contributed by atoms with van der Waals surface area (Å²) in [6, 6.07) is 6.73. The van der Waals surface area contributed by atoms with Gasteiger partial charge >= 0.3 is 0 Å². The molecule has 0 amide bonds. The number of amidine groups is 1. The summed E-state index contributed by atoms with van der Waals surface area (Å²) in [5, 5.41) is 20.1. The van der Waals surface area contributed by atoms with Gasteiger partial charge in [-0.15, -0.1) is 0 Å². The number of ether oxygens (including phenoxy) is 2. The first kappa shape index (κ1) is 17.1. The molecule has 2 rings (SSSR count). The highest BCUT2D eigenvalue weighted by Gasteiger charge is 2.24. The first-order valence-corrected chi connectivity index (χ1v) is 7.46. The summed E-state index contributed by atoms with van der Waals surface area (Å²) >= 11 is 0. The molecule has 0 aliphatic carbocycles. The van der Waals surface area contributed by atoms with E-state index < -0.39 is 5.83 Å². The third kappa shape index (κ3) is 4.35. The lowest BCUT2D eigenvalue weighted by atomic mass is 10.1. The Morgan fingerprint density at radius 1 is 1.26 bits per heavy atom. The summed E-state index contributed by atoms with van der Waals surface area (Å²) in [6.07, 6.45) is 0.693. The summed E-state index contributed by atoms with van der Waals surface area (Å²) in [4.78, 5) is 1.59. The molecule has 0 spiro atoms. The summed E-state index contributed by atoms with van der Waals surface area (Å²) in [7, 11) is 3.09. The van der Waals surface area contributed by atoms with Crippen LogP contribution in [-0.4, -0.2) is 49.2 Å². The Morgan fingerprint density at radius 2 is 1.83 bits per heavy atom. The highest BCUT2D eigenvalue weighted by atomic mass is 19.1. The van der Waals surface area contributed by atoms with Crippen LogP contribution in [0.1, 0.15) is 12.8 Å². The van der Waals surface area contributed by atoms with Crippen LogP contribution >= 0.6 is 0 Å². The van der Waals surface area contributed by atoms with Gasteiger partial charge in [-0.25, -0.2) is 0 Å². The van der Waals surface area contributed by atoms with Crippen molar-refractivity contribution < 1.29 is 19.0 Å². The third-order valence-corrected chi connectivity index (χ3v) is 3.69. The normalized spacial score (nSPS) is 16.6. The zero-order chi connectivity index (χ0) is 16.8. The van der Waals surface area contributed by atoms with Crippen molar-refractivity contribution in [1.29, 1.82) is 5.41 Å². The number of aliphatic hydroxyl groups excluding tert-OH is 1. The van der Waals surface area contributed by atoms with Crippen LogP contribution in [0.25, 0.3) is 0 Å². The van der Waals surface area contributed by atoms with Crippen molar-refractivity contribution in [2.24, 2.45) is 0 Å². The number of rotatable bonds is 5. The molecule has 1 saturated heterocycles. The summed E-state index contributed by atoms with van der Waals surface area (Å²) in [5.74, 6) is -0.0136. The van der Waals surface area contributed by atoms with Crippen LogP contribution in [0.5, 0.6) is 11.5 Å². The zero-order valence-corrected chi connectivity index (χ0v) is 13.3. The molecule has 0 unspecified atom stereocenters. The zero-order valence-electron chi connectivity index (χ0n) is 13.3. The predicted octanol–water partition coefficient (Wildman–Crippen LogP) is 1.87. The van der Waals surface area contributed by atoms with Gasteiger partial charge in [0.25, 0.3) is 0 Å². The molecule has 1 fully saturated rings. The largest absolute Gasteiger partial charge is 0.497 e. The Morgan fingerprint density at radius 3 is 2.35 bits per heavy atom. The van der Waals surface area contributed by atoms with Crippen LogP contribution < -0.4 is 14.8 Å². The standard InChI is InChI=1S/C16H22FN3O3/c1-19-16(23-13-5-3-12(22-2)4-6-13)14(17)15(18)20-9-7-11(21)8-10-20/h3-6,11,18-19,21H,7-10H2,1-2H3/b16-14-,18-15?. The highest BCUT2D eigenvalue weighted by Crippen LogP contribution is 2.21. The smallest absolute Gasteiger partial charge is 0.233 e. The van der Waals surface area contributed by atoms with Crippen LogP contribution in [-0.2, 0) is 0 Å². The maximum atomic E-state index is 14.5. The minimum Gasteiger partial charge on any atom is -0.497 e. The first-order valence-electron chi connectivity index (χ1n) is 7.46. The van der Waals surface area contributed by atoms with Crippen molar-refractivity contribution in [1.82, 2.24) is 10.2 Å². The van der Waals surface area contributed by atoms with E-state index in [0.29, 0.717) is 37.4 Å². The van der Waals surface area contributed by atoms with E-state index in [-0.39, 0.29) is 17.8 Å². The molecule has 126 valence electrons. The van der Waals surface area contributed by atoms with E-state index in [1.54, 1.807) is 36.3 Å². The van der Waals surface area contributed by atoms with Crippen molar-refractivity contribution in [2.75, 3.05) is 27.2 Å². The van der Waals surface area contributed by atoms with Crippen molar-refractivity contribution >= 4 is 5.84 Å². The topological polar surface area (TPSA) is 77.8 Å². The fourth-order valence-corrected chi connectivity index (χ4v) is 2.30. The number of hydrogen-bond acceptors (Lipinski definition) is 5. The molecule has 0 bridgehead atoms. The minimum atomic E-state index is -0.764. The lowest BCUT2D eigenvalue weighted by molar-refractivity contribution is 0.108. The molecular weight excluding hydrogens is 301 g/mol. The number of halogens is 1. The number of aliphatic hydroxyl groups is 1. The van der Waals surface area contributed by atoms with Gasteiger partial charge in [-0.05, 0) is 37.1 Å². The Bertz CT molecular complexity index is 566. The Hall–Kier alpha value is -2.28. The molecule has 0 aromatic heterocycles. The molecule has 1 aromatic rings. The van der Waals surface area contributed by atoms with Gasteiger partial charge in [0.05, 0.1) is 13.2 Å². The average molecular weight is 323 g/mol. The molecule has 7 heteroatoms. The van der Waals surface area contributed by atoms with Crippen LogP contribution in [0.4, 0.5) is 4.39 Å². The van der Waals surface area contributed by atoms with E-state index in [4.69, 9.17) is 14.9 Å². The molecule has 23 heavy (non-hydrogen) atoms. The Labute approximate surface area is 135 Å². The van der Waals surface area contributed by atoms with Gasteiger partial charge in [-0.2, -0.15) is 4.39 Å². The predicted molar refractivity (Wildman–Crippen MR) is 85.4 cm³/mol. The molecule has 1 aliphatic rings. The molecule has 6 nitrogen and oxygen atoms in total. The van der Waals surface area contributed by atoms with E-state index in [9.17, 15) is 9.50 Å². The fraction of sp³-hybridized carbons (Fsp3) is 0.438. The second-order valence-electron chi connectivity index (χ2n) is 5.24. The lowest BCUT2D eigenvalue weighted by Gasteiger charge is -2.31. The van der Waals surface area contributed by atoms with E-state index in [1.165, 1.54) is 7.05 Å². The van der Waals surface area contributed by atoms with Crippen LogP contribution in [0, 0.1) is 5.41 Å². The van der Waals surface area contributed by atoms with E-state index in [2.05, 4.69) is 5.32 Å². The lowest BCUT2D eigenvalue weighted by Crippen LogP contribution is -2.40. The number of piperidine rings is 1. The molecule has 0 atom stereocenters. The maximum absolute atomic E-state index is 14.5. The van der Waals surface area contributed by atoms with Crippen molar-refractivity contribution in [3.05, 3.63) is 36.0 Å². The first-order chi connectivity index (χ1) is 11.0. The summed E-state index contributed by atoms with van der Waals surface area (Å²) in [6.45, 7) is 0.903. The molecular formula is C16H22FN3O3. The fourth-order valence-electron chi connectivity index (χ4n) is 2.30. The van der Waals surface area contributed by atoms with Crippen molar-refractivity contribution in [3.8, 4) is 11.5 Å². The monoisotopic (exact) mass is 323 g/mol. The van der Waals surface area contributed by atoms with Gasteiger partial charge in [0.15, 0.2) is 5.84 Å². The molecule has 1 aliphatic heterocycles. The van der Waals surface area contributed by atoms with Gasteiger partial charge < -0.3 is 24.8 Å². The minimum absolute atomic E-state index is 0.119. The summed E-state index contributed by atoms with van der Waals surface area (Å²) in [5.41, 5.74) is 0. The summed E-state index contributed by atoms with van der Waals surface area (Å²) < 4.78 is 25.0. The van der Waals surface area contributed by atoms with E-state index >= 15 is 0 Å². The number of nitrogens with one attached hydrogen (secondary N) is 2. The number of likely N-dealkylation sites (tertiary alicyclic amines) is 1. The van der Waals surface area contributed by atoms with Crippen molar-refractivity contribution in [2.45, 2.75) is 18.9 Å². The van der Waals surface area contributed by atoms with Gasteiger partial charge in [0.2, 0.25) is 11.7 Å². The molecule has 1 aromatic carbocycles. The van der Waals surface area contributed by atoms with Crippen LogP contribution in [0.3, 0.4) is 0 Å². The maximum Gasteiger partial charge on any atom is 0.233 e. The second kappa shape index (κ2) is 7.82. The quantitative estimate of drug-likeness (QED) is 0.438. The van der Waals surface area contributed by atoms with Crippen molar-refractivity contribution in [3.63, 3.8) is 0 Å². The average Bonchev–Trinajstić information content (AvgIpc) is 2.59. The van der Waals surface area contributed by atoms with Crippen LogP contribution in [0.2, 0.25) is 0 Å². The van der Waals surface area contributed by atoms with Gasteiger partial charge in [-0.1, -0.05) is 0 Å². The molecule has 0 radical (unpaired) electrons. The molecule has 3 N–H and O–H groups in total. The number of benzene rings is 1. The SMILES string of the molecule is CN/C(Oc1ccc(OC)cc1)=C(/F)C(=N)N1CCC(O)CC1. The second-order valence-corrected chi connectivity index (χ2v) is 5.24. The number of hydrogen-bond donors (Lipinski definition) is 3. The van der Waals surface area contributed by atoms with Crippen LogP contribution in [0.15, 0.2) is 36.0 Å². The van der Waals surface area contributed by atoms with Gasteiger partial charge in [0.1, 0.15) is 11.5 Å². The molecule has 1 heterocycles. The van der Waals surface area contributed by atoms with E-state index in [1.807, 2.05) is 0 Å². The highest BCUT2D eigenvalue weighted by molar-refractivity contribution is 5.94. The number of methoxy groups -OCH3 is 1. The number of nitrogens with zero attached hydrogens (tertiary/aromatic N) is 1. The third-order valence-electron chi connectivity index (χ3n) is 3.69. The van der Waals surface area contributed by atoms with Gasteiger partial charge in [-0.3, -0.25) is 5.41 Å². The van der Waals surface area contributed by atoms with Gasteiger partial charge in [0, 0.05) is 20.1 Å². The Kier molecular flexibility index (Phi) is 5.81. The van der Waals surface area contributed by atoms with E-state index in [0.717, 1.165) is 0 Å². The Balaban J connectivity index is 2.09.